The van der Waals surface area contributed by atoms with Gasteiger partial charge in [-0.15, -0.1) is 0 Å². The highest BCUT2D eigenvalue weighted by molar-refractivity contribution is 9.11. The molecule has 0 saturated carbocycles. The predicted octanol–water partition coefficient (Wildman–Crippen LogP) is 3.76. The molecule has 0 spiro atoms. The number of nitrogens with one attached hydrogen (secondary N) is 1. The molecule has 102 valence electrons. The molecule has 0 aromatic carbocycles. The van der Waals surface area contributed by atoms with E-state index in [4.69, 9.17) is 4.74 Å². The SMILES string of the molecule is CC(C)CCOCCNCc1ncc(Br)cc1Br. The summed E-state index contributed by atoms with van der Waals surface area (Å²) in [6, 6.07) is 2.00. The summed E-state index contributed by atoms with van der Waals surface area (Å²) in [5.41, 5.74) is 1.01. The Morgan fingerprint density at radius 1 is 1.33 bits per heavy atom. The predicted molar refractivity (Wildman–Crippen MR) is 81.6 cm³/mol. The Morgan fingerprint density at radius 3 is 2.78 bits per heavy atom. The average Bonchev–Trinajstić information content (AvgIpc) is 2.30. The van der Waals surface area contributed by atoms with Crippen LogP contribution in [0.1, 0.15) is 26.0 Å². The van der Waals surface area contributed by atoms with E-state index in [1.54, 1.807) is 6.20 Å². The lowest BCUT2D eigenvalue weighted by Crippen LogP contribution is -2.20. The van der Waals surface area contributed by atoms with Crippen LogP contribution in [0, 0.1) is 5.92 Å². The first kappa shape index (κ1) is 16.1. The van der Waals surface area contributed by atoms with Crippen molar-refractivity contribution in [3.8, 4) is 0 Å². The normalized spacial score (nSPS) is 11.2. The lowest BCUT2D eigenvalue weighted by atomic mass is 10.1. The van der Waals surface area contributed by atoms with Gasteiger partial charge < -0.3 is 10.1 Å². The Bertz CT molecular complexity index is 359. The maximum atomic E-state index is 5.53. The molecule has 18 heavy (non-hydrogen) atoms. The topological polar surface area (TPSA) is 34.1 Å². The molecule has 0 fully saturated rings. The Kier molecular flexibility index (Phi) is 8.06. The molecule has 1 aromatic rings. The molecule has 0 radical (unpaired) electrons. The first-order valence-corrected chi connectivity index (χ1v) is 7.76. The number of rotatable bonds is 8. The Hall–Kier alpha value is 0.0300. The average molecular weight is 380 g/mol. The third-order valence-electron chi connectivity index (χ3n) is 2.44. The summed E-state index contributed by atoms with van der Waals surface area (Å²) in [4.78, 5) is 4.34. The molecule has 0 aliphatic carbocycles. The molecular weight excluding hydrogens is 360 g/mol. The minimum absolute atomic E-state index is 0.709. The van der Waals surface area contributed by atoms with Gasteiger partial charge in [0.15, 0.2) is 0 Å². The second-order valence-electron chi connectivity index (χ2n) is 4.55. The Morgan fingerprint density at radius 2 is 2.11 bits per heavy atom. The quantitative estimate of drug-likeness (QED) is 0.698. The van der Waals surface area contributed by atoms with Crippen molar-refractivity contribution < 1.29 is 4.74 Å². The van der Waals surface area contributed by atoms with Crippen LogP contribution in [-0.2, 0) is 11.3 Å². The van der Waals surface area contributed by atoms with Crippen molar-refractivity contribution >= 4 is 31.9 Å². The van der Waals surface area contributed by atoms with E-state index < -0.39 is 0 Å². The summed E-state index contributed by atoms with van der Waals surface area (Å²) in [6.07, 6.45) is 2.93. The monoisotopic (exact) mass is 378 g/mol. The smallest absolute Gasteiger partial charge is 0.0684 e. The molecule has 0 atom stereocenters. The van der Waals surface area contributed by atoms with Crippen LogP contribution in [0.25, 0.3) is 0 Å². The van der Waals surface area contributed by atoms with Gasteiger partial charge in [-0.25, -0.2) is 0 Å². The molecule has 0 unspecified atom stereocenters. The van der Waals surface area contributed by atoms with E-state index >= 15 is 0 Å². The van der Waals surface area contributed by atoms with Crippen molar-refractivity contribution in [2.45, 2.75) is 26.8 Å². The van der Waals surface area contributed by atoms with E-state index in [1.807, 2.05) is 6.07 Å². The molecule has 1 N–H and O–H groups in total. The van der Waals surface area contributed by atoms with Crippen molar-refractivity contribution in [1.82, 2.24) is 10.3 Å². The number of ether oxygens (including phenoxy) is 1. The molecular formula is C13H20Br2N2O. The van der Waals surface area contributed by atoms with Crippen molar-refractivity contribution in [1.29, 1.82) is 0 Å². The van der Waals surface area contributed by atoms with Crippen molar-refractivity contribution in [3.63, 3.8) is 0 Å². The second kappa shape index (κ2) is 9.02. The maximum Gasteiger partial charge on any atom is 0.0684 e. The summed E-state index contributed by atoms with van der Waals surface area (Å²) in [5, 5.41) is 3.32. The lowest BCUT2D eigenvalue weighted by Gasteiger charge is -2.08. The lowest BCUT2D eigenvalue weighted by molar-refractivity contribution is 0.125. The summed E-state index contributed by atoms with van der Waals surface area (Å²) >= 11 is 6.88. The van der Waals surface area contributed by atoms with Crippen LogP contribution in [0.5, 0.6) is 0 Å². The van der Waals surface area contributed by atoms with Gasteiger partial charge in [0.05, 0.1) is 12.3 Å². The molecule has 0 saturated heterocycles. The number of nitrogens with zero attached hydrogens (tertiary/aromatic N) is 1. The molecule has 0 bridgehead atoms. The first-order valence-electron chi connectivity index (χ1n) is 6.18. The highest BCUT2D eigenvalue weighted by atomic mass is 79.9. The van der Waals surface area contributed by atoms with E-state index in [-0.39, 0.29) is 0 Å². The minimum atomic E-state index is 0.709. The van der Waals surface area contributed by atoms with E-state index in [0.29, 0.717) is 5.92 Å². The number of halogens is 2. The summed E-state index contributed by atoms with van der Waals surface area (Å²) in [6.45, 7) is 7.61. The molecule has 5 heteroatoms. The maximum absolute atomic E-state index is 5.53. The van der Waals surface area contributed by atoms with Crippen molar-refractivity contribution in [2.75, 3.05) is 19.8 Å². The molecule has 0 amide bonds. The highest BCUT2D eigenvalue weighted by Crippen LogP contribution is 2.19. The van der Waals surface area contributed by atoms with Gasteiger partial charge >= 0.3 is 0 Å². The fraction of sp³-hybridized carbons (Fsp3) is 0.615. The number of pyridine rings is 1. The fourth-order valence-corrected chi connectivity index (χ4v) is 2.47. The minimum Gasteiger partial charge on any atom is -0.380 e. The molecule has 0 aliphatic heterocycles. The van der Waals surface area contributed by atoms with Gasteiger partial charge in [-0.2, -0.15) is 0 Å². The first-order chi connectivity index (χ1) is 8.59. The summed E-state index contributed by atoms with van der Waals surface area (Å²) in [5.74, 6) is 0.709. The molecule has 1 heterocycles. The van der Waals surface area contributed by atoms with E-state index in [9.17, 15) is 0 Å². The third kappa shape index (κ3) is 6.83. The van der Waals surface area contributed by atoms with Gasteiger partial charge in [0.1, 0.15) is 0 Å². The van der Waals surface area contributed by atoms with Crippen LogP contribution in [0.4, 0.5) is 0 Å². The van der Waals surface area contributed by atoms with Crippen LogP contribution in [-0.4, -0.2) is 24.7 Å². The van der Waals surface area contributed by atoms with E-state index in [0.717, 1.165) is 47.4 Å². The fourth-order valence-electron chi connectivity index (χ4n) is 1.35. The number of hydrogen-bond donors (Lipinski definition) is 1. The zero-order chi connectivity index (χ0) is 13.4. The number of hydrogen-bond acceptors (Lipinski definition) is 3. The number of aromatic nitrogens is 1. The Labute approximate surface area is 126 Å². The molecule has 3 nitrogen and oxygen atoms in total. The zero-order valence-corrected chi connectivity index (χ0v) is 14.1. The molecule has 1 aromatic heterocycles. The van der Waals surface area contributed by atoms with Crippen LogP contribution >= 0.6 is 31.9 Å². The highest BCUT2D eigenvalue weighted by Gasteiger charge is 2.01. The van der Waals surface area contributed by atoms with E-state index in [1.165, 1.54) is 0 Å². The van der Waals surface area contributed by atoms with Crippen molar-refractivity contribution in [3.05, 3.63) is 26.9 Å². The van der Waals surface area contributed by atoms with E-state index in [2.05, 4.69) is 56.0 Å². The van der Waals surface area contributed by atoms with Crippen LogP contribution < -0.4 is 5.32 Å². The summed E-state index contributed by atoms with van der Waals surface area (Å²) in [7, 11) is 0. The van der Waals surface area contributed by atoms with Crippen LogP contribution in [0.3, 0.4) is 0 Å². The van der Waals surface area contributed by atoms with Crippen molar-refractivity contribution in [2.24, 2.45) is 5.92 Å². The zero-order valence-electron chi connectivity index (χ0n) is 10.9. The molecule has 1 rings (SSSR count). The Balaban J connectivity index is 2.11. The van der Waals surface area contributed by atoms with Gasteiger partial charge in [-0.1, -0.05) is 13.8 Å². The standard InChI is InChI=1S/C13H20Br2N2O/c1-10(2)3-5-18-6-4-16-9-13-12(15)7-11(14)8-17-13/h7-8,10,16H,3-6,9H2,1-2H3. The third-order valence-corrected chi connectivity index (χ3v) is 3.56. The largest absolute Gasteiger partial charge is 0.380 e. The van der Waals surface area contributed by atoms with Gasteiger partial charge in [0, 0.05) is 34.8 Å². The second-order valence-corrected chi connectivity index (χ2v) is 6.32. The van der Waals surface area contributed by atoms with Crippen LogP contribution in [0.2, 0.25) is 0 Å². The van der Waals surface area contributed by atoms with Crippen LogP contribution in [0.15, 0.2) is 21.2 Å². The summed E-state index contributed by atoms with van der Waals surface area (Å²) < 4.78 is 7.53. The van der Waals surface area contributed by atoms with Gasteiger partial charge in [-0.05, 0) is 50.3 Å². The van der Waals surface area contributed by atoms with Gasteiger partial charge in [-0.3, -0.25) is 4.98 Å². The van der Waals surface area contributed by atoms with Gasteiger partial charge in [0.25, 0.3) is 0 Å². The van der Waals surface area contributed by atoms with Gasteiger partial charge in [0.2, 0.25) is 0 Å². The molecule has 0 aliphatic rings.